The molecular weight excluding hydrogens is 270 g/mol. The van der Waals surface area contributed by atoms with E-state index in [1.54, 1.807) is 42.2 Å². The highest BCUT2D eigenvalue weighted by molar-refractivity contribution is 5.97. The fraction of sp³-hybridized carbons (Fsp3) is 0.375. The number of nitrogens with zero attached hydrogens (tertiary/aromatic N) is 1. The predicted octanol–water partition coefficient (Wildman–Crippen LogP) is 2.28. The number of esters is 1. The monoisotopic (exact) mass is 291 g/mol. The molecule has 0 bridgehead atoms. The first-order valence-electron chi connectivity index (χ1n) is 6.82. The lowest BCUT2D eigenvalue weighted by Crippen LogP contribution is -2.33. The Balaban J connectivity index is 2.81. The summed E-state index contributed by atoms with van der Waals surface area (Å²) in [4.78, 5) is 25.5. The van der Waals surface area contributed by atoms with E-state index in [1.165, 1.54) is 7.11 Å². The van der Waals surface area contributed by atoms with E-state index in [0.717, 1.165) is 0 Å². The molecule has 0 fully saturated rings. The summed E-state index contributed by atoms with van der Waals surface area (Å²) < 4.78 is 10.1. The highest BCUT2D eigenvalue weighted by Crippen LogP contribution is 2.19. The van der Waals surface area contributed by atoms with Crippen molar-refractivity contribution < 1.29 is 19.1 Å². The van der Waals surface area contributed by atoms with Crippen LogP contribution in [0.25, 0.3) is 0 Å². The summed E-state index contributed by atoms with van der Waals surface area (Å²) in [6.07, 6.45) is 1.78. The van der Waals surface area contributed by atoms with Crippen LogP contribution < -0.4 is 4.74 Å². The number of benzene rings is 1. The summed E-state index contributed by atoms with van der Waals surface area (Å²) in [7, 11) is 1.52. The number of carbonyl (C=O) groups excluding carboxylic acids is 2. The first-order chi connectivity index (χ1) is 10.1. The molecule has 1 aromatic carbocycles. The zero-order valence-corrected chi connectivity index (χ0v) is 12.5. The molecule has 0 saturated carbocycles. The van der Waals surface area contributed by atoms with Crippen molar-refractivity contribution in [2.45, 2.75) is 13.3 Å². The van der Waals surface area contributed by atoms with Crippen molar-refractivity contribution in [2.75, 3.05) is 26.8 Å². The molecular formula is C16H21NO4. The van der Waals surface area contributed by atoms with Gasteiger partial charge in [0.15, 0.2) is 0 Å². The normalized spacial score (nSPS) is 9.81. The van der Waals surface area contributed by atoms with Crippen LogP contribution in [0.3, 0.4) is 0 Å². The van der Waals surface area contributed by atoms with E-state index in [1.807, 2.05) is 0 Å². The summed E-state index contributed by atoms with van der Waals surface area (Å²) in [5.41, 5.74) is 0.464. The topological polar surface area (TPSA) is 55.8 Å². The Kier molecular flexibility index (Phi) is 7.01. The standard InChI is InChI=1S/C16H21NO4/c1-4-11-17(12-10-15(18)21-5-2)16(19)13-8-6-7-9-14(13)20-3/h4,6-9H,1,5,10-12H2,2-3H3. The minimum atomic E-state index is -0.320. The van der Waals surface area contributed by atoms with Crippen molar-refractivity contribution in [1.29, 1.82) is 0 Å². The van der Waals surface area contributed by atoms with E-state index in [4.69, 9.17) is 9.47 Å². The molecule has 0 saturated heterocycles. The highest BCUT2D eigenvalue weighted by Gasteiger charge is 2.19. The number of hydrogen-bond donors (Lipinski definition) is 0. The number of hydrogen-bond acceptors (Lipinski definition) is 4. The van der Waals surface area contributed by atoms with Crippen LogP contribution in [0.1, 0.15) is 23.7 Å². The summed E-state index contributed by atoms with van der Waals surface area (Å²) in [6.45, 7) is 6.36. The number of carbonyl (C=O) groups is 2. The van der Waals surface area contributed by atoms with Crippen LogP contribution in [0, 0.1) is 0 Å². The maximum Gasteiger partial charge on any atom is 0.307 e. The molecule has 1 rings (SSSR count). The van der Waals surface area contributed by atoms with Crippen molar-refractivity contribution in [3.63, 3.8) is 0 Å². The summed E-state index contributed by atoms with van der Waals surface area (Å²) in [6, 6.07) is 6.99. The van der Waals surface area contributed by atoms with Gasteiger partial charge in [0.05, 0.1) is 25.7 Å². The Bertz CT molecular complexity index is 499. The SMILES string of the molecule is C=CCN(CCC(=O)OCC)C(=O)c1ccccc1OC. The molecule has 0 heterocycles. The Labute approximate surface area is 125 Å². The second-order valence-corrected chi connectivity index (χ2v) is 4.30. The van der Waals surface area contributed by atoms with Gasteiger partial charge < -0.3 is 14.4 Å². The number of ether oxygens (including phenoxy) is 2. The third kappa shape index (κ3) is 4.95. The molecule has 0 atom stereocenters. The van der Waals surface area contributed by atoms with Gasteiger partial charge in [-0.3, -0.25) is 9.59 Å². The van der Waals surface area contributed by atoms with Crippen LogP contribution in [0.4, 0.5) is 0 Å². The molecule has 0 aromatic heterocycles. The average molecular weight is 291 g/mol. The predicted molar refractivity (Wildman–Crippen MR) is 80.3 cm³/mol. The van der Waals surface area contributed by atoms with E-state index in [-0.39, 0.29) is 24.8 Å². The van der Waals surface area contributed by atoms with Crippen molar-refractivity contribution in [2.24, 2.45) is 0 Å². The van der Waals surface area contributed by atoms with E-state index in [9.17, 15) is 9.59 Å². The van der Waals surface area contributed by atoms with Crippen LogP contribution in [0.2, 0.25) is 0 Å². The molecule has 114 valence electrons. The Morgan fingerprint density at radius 1 is 1.33 bits per heavy atom. The molecule has 1 aromatic rings. The van der Waals surface area contributed by atoms with Crippen molar-refractivity contribution >= 4 is 11.9 Å². The third-order valence-electron chi connectivity index (χ3n) is 2.87. The van der Waals surface area contributed by atoms with Gasteiger partial charge in [0, 0.05) is 13.1 Å². The molecule has 5 heteroatoms. The van der Waals surface area contributed by atoms with Gasteiger partial charge in [-0.05, 0) is 19.1 Å². The van der Waals surface area contributed by atoms with Crippen molar-refractivity contribution in [1.82, 2.24) is 4.90 Å². The average Bonchev–Trinajstić information content (AvgIpc) is 2.51. The van der Waals surface area contributed by atoms with E-state index in [2.05, 4.69) is 6.58 Å². The van der Waals surface area contributed by atoms with Crippen LogP contribution in [-0.4, -0.2) is 43.6 Å². The molecule has 1 amide bonds. The quantitative estimate of drug-likeness (QED) is 0.544. The summed E-state index contributed by atoms with van der Waals surface area (Å²) in [5.74, 6) is -0.0104. The maximum absolute atomic E-state index is 12.5. The van der Waals surface area contributed by atoms with Gasteiger partial charge in [0.2, 0.25) is 0 Å². The fourth-order valence-electron chi connectivity index (χ4n) is 1.88. The van der Waals surface area contributed by atoms with E-state index < -0.39 is 0 Å². The first kappa shape index (κ1) is 16.8. The smallest absolute Gasteiger partial charge is 0.307 e. The van der Waals surface area contributed by atoms with Crippen molar-refractivity contribution in [3.05, 3.63) is 42.5 Å². The number of rotatable bonds is 8. The molecule has 0 unspecified atom stereocenters. The highest BCUT2D eigenvalue weighted by atomic mass is 16.5. The first-order valence-corrected chi connectivity index (χ1v) is 6.82. The van der Waals surface area contributed by atoms with Gasteiger partial charge in [0.25, 0.3) is 5.91 Å². The van der Waals surface area contributed by atoms with Gasteiger partial charge in [-0.2, -0.15) is 0 Å². The van der Waals surface area contributed by atoms with Gasteiger partial charge >= 0.3 is 5.97 Å². The van der Waals surface area contributed by atoms with Crippen LogP contribution in [0.5, 0.6) is 5.75 Å². The Morgan fingerprint density at radius 2 is 2.05 bits per heavy atom. The molecule has 0 aliphatic rings. The third-order valence-corrected chi connectivity index (χ3v) is 2.87. The molecule has 0 N–H and O–H groups in total. The molecule has 0 radical (unpaired) electrons. The largest absolute Gasteiger partial charge is 0.496 e. The lowest BCUT2D eigenvalue weighted by Gasteiger charge is -2.21. The van der Waals surface area contributed by atoms with Gasteiger partial charge in [0.1, 0.15) is 5.75 Å². The van der Waals surface area contributed by atoms with E-state index >= 15 is 0 Å². The minimum absolute atomic E-state index is 0.155. The summed E-state index contributed by atoms with van der Waals surface area (Å²) in [5, 5.41) is 0. The molecule has 0 aliphatic carbocycles. The van der Waals surface area contributed by atoms with Gasteiger partial charge in [-0.25, -0.2) is 0 Å². The zero-order valence-electron chi connectivity index (χ0n) is 12.5. The minimum Gasteiger partial charge on any atom is -0.496 e. The summed E-state index contributed by atoms with van der Waals surface area (Å²) >= 11 is 0. The lowest BCUT2D eigenvalue weighted by atomic mass is 10.1. The number of para-hydroxylation sites is 1. The Hall–Kier alpha value is -2.30. The molecule has 21 heavy (non-hydrogen) atoms. The lowest BCUT2D eigenvalue weighted by molar-refractivity contribution is -0.143. The Morgan fingerprint density at radius 3 is 2.67 bits per heavy atom. The fourth-order valence-corrected chi connectivity index (χ4v) is 1.88. The van der Waals surface area contributed by atoms with Crippen molar-refractivity contribution in [3.8, 4) is 5.75 Å². The number of amides is 1. The van der Waals surface area contributed by atoms with Gasteiger partial charge in [-0.1, -0.05) is 18.2 Å². The van der Waals surface area contributed by atoms with Crippen LogP contribution in [-0.2, 0) is 9.53 Å². The molecule has 0 aliphatic heterocycles. The van der Waals surface area contributed by atoms with Gasteiger partial charge in [-0.15, -0.1) is 6.58 Å². The maximum atomic E-state index is 12.5. The second kappa shape index (κ2) is 8.79. The molecule has 0 spiro atoms. The number of methoxy groups -OCH3 is 1. The van der Waals surface area contributed by atoms with E-state index in [0.29, 0.717) is 24.5 Å². The zero-order chi connectivity index (χ0) is 15.7. The van der Waals surface area contributed by atoms with Crippen LogP contribution in [0.15, 0.2) is 36.9 Å². The molecule has 5 nitrogen and oxygen atoms in total. The van der Waals surface area contributed by atoms with Crippen LogP contribution >= 0.6 is 0 Å². The second-order valence-electron chi connectivity index (χ2n) is 4.30.